The number of amides is 1. The third-order valence-electron chi connectivity index (χ3n) is 4.92. The minimum atomic E-state index is -0.411. The number of halogens is 1. The van der Waals surface area contributed by atoms with E-state index < -0.39 is 5.82 Å². The van der Waals surface area contributed by atoms with E-state index in [2.05, 4.69) is 22.2 Å². The van der Waals surface area contributed by atoms with Gasteiger partial charge in [0.2, 0.25) is 0 Å². The van der Waals surface area contributed by atoms with E-state index in [4.69, 9.17) is 0 Å². The predicted molar refractivity (Wildman–Crippen MR) is 104 cm³/mol. The van der Waals surface area contributed by atoms with Crippen LogP contribution in [0.15, 0.2) is 29.4 Å². The summed E-state index contributed by atoms with van der Waals surface area (Å²) in [5, 5.41) is 14.1. The number of carbonyl (C=O) groups is 1. The van der Waals surface area contributed by atoms with Crippen molar-refractivity contribution in [1.29, 1.82) is 0 Å². The van der Waals surface area contributed by atoms with Gasteiger partial charge in [0.1, 0.15) is 11.5 Å². The maximum atomic E-state index is 13.5. The van der Waals surface area contributed by atoms with Crippen LogP contribution in [0.3, 0.4) is 0 Å². The fourth-order valence-corrected chi connectivity index (χ4v) is 4.16. The molecule has 3 aromatic rings. The monoisotopic (exact) mass is 400 g/mol. The standard InChI is InChI=1S/C19H21FN6OS/c1-4-28-19-22-21-17(24(19)2)16-14-11-26(9-8-15(14)25(3)23-16)18(27)12-6-5-7-13(20)10-12/h5-7,10H,4,8-9,11H2,1-3H3. The van der Waals surface area contributed by atoms with Crippen LogP contribution in [0, 0.1) is 5.82 Å². The van der Waals surface area contributed by atoms with Crippen molar-refractivity contribution < 1.29 is 9.18 Å². The van der Waals surface area contributed by atoms with Crippen LogP contribution in [0.2, 0.25) is 0 Å². The molecule has 28 heavy (non-hydrogen) atoms. The van der Waals surface area contributed by atoms with Crippen LogP contribution in [0.5, 0.6) is 0 Å². The predicted octanol–water partition coefficient (Wildman–Crippen LogP) is 2.67. The molecule has 0 bridgehead atoms. The summed E-state index contributed by atoms with van der Waals surface area (Å²) in [4.78, 5) is 14.6. The second kappa shape index (κ2) is 7.38. The Kier molecular flexibility index (Phi) is 4.92. The molecule has 0 atom stereocenters. The quantitative estimate of drug-likeness (QED) is 0.630. The smallest absolute Gasteiger partial charge is 0.254 e. The van der Waals surface area contributed by atoms with Crippen LogP contribution >= 0.6 is 11.8 Å². The van der Waals surface area contributed by atoms with Crippen LogP contribution in [0.25, 0.3) is 11.5 Å². The van der Waals surface area contributed by atoms with E-state index in [1.807, 2.05) is 23.3 Å². The number of hydrogen-bond donors (Lipinski definition) is 0. The van der Waals surface area contributed by atoms with Crippen molar-refractivity contribution in [2.45, 2.75) is 25.0 Å². The third kappa shape index (κ3) is 3.19. The highest BCUT2D eigenvalue weighted by Gasteiger charge is 2.29. The average molecular weight is 400 g/mol. The van der Waals surface area contributed by atoms with Crippen molar-refractivity contribution in [3.63, 3.8) is 0 Å². The molecule has 9 heteroatoms. The molecular weight excluding hydrogens is 379 g/mol. The first-order valence-corrected chi connectivity index (χ1v) is 10.1. The summed E-state index contributed by atoms with van der Waals surface area (Å²) in [5.41, 5.74) is 3.16. The molecule has 0 saturated heterocycles. The van der Waals surface area contributed by atoms with E-state index in [-0.39, 0.29) is 5.91 Å². The van der Waals surface area contributed by atoms with Gasteiger partial charge in [0, 0.05) is 43.9 Å². The zero-order valence-corrected chi connectivity index (χ0v) is 16.8. The lowest BCUT2D eigenvalue weighted by atomic mass is 10.0. The normalized spacial score (nSPS) is 13.6. The number of benzene rings is 1. The lowest BCUT2D eigenvalue weighted by molar-refractivity contribution is 0.0733. The molecule has 0 unspecified atom stereocenters. The molecule has 0 spiro atoms. The number of nitrogens with zero attached hydrogens (tertiary/aromatic N) is 6. The van der Waals surface area contributed by atoms with Crippen molar-refractivity contribution >= 4 is 17.7 Å². The second-order valence-electron chi connectivity index (χ2n) is 6.68. The van der Waals surface area contributed by atoms with Gasteiger partial charge in [-0.2, -0.15) is 5.10 Å². The lowest BCUT2D eigenvalue weighted by Crippen LogP contribution is -2.36. The maximum Gasteiger partial charge on any atom is 0.254 e. The van der Waals surface area contributed by atoms with Gasteiger partial charge in [-0.15, -0.1) is 10.2 Å². The Morgan fingerprint density at radius 2 is 2.11 bits per heavy atom. The number of hydrogen-bond acceptors (Lipinski definition) is 5. The number of aryl methyl sites for hydroxylation is 1. The van der Waals surface area contributed by atoms with Crippen molar-refractivity contribution in [2.75, 3.05) is 12.3 Å². The highest BCUT2D eigenvalue weighted by Crippen LogP contribution is 2.30. The molecule has 0 N–H and O–H groups in total. The van der Waals surface area contributed by atoms with E-state index >= 15 is 0 Å². The summed E-state index contributed by atoms with van der Waals surface area (Å²) >= 11 is 1.62. The molecule has 2 aromatic heterocycles. The Morgan fingerprint density at radius 1 is 1.29 bits per heavy atom. The Bertz CT molecular complexity index is 1040. The van der Waals surface area contributed by atoms with Gasteiger partial charge >= 0.3 is 0 Å². The molecule has 0 fully saturated rings. The Labute approximate surface area is 166 Å². The van der Waals surface area contributed by atoms with Crippen molar-refractivity contribution in [1.82, 2.24) is 29.4 Å². The summed E-state index contributed by atoms with van der Waals surface area (Å²) in [7, 11) is 3.83. The van der Waals surface area contributed by atoms with Gasteiger partial charge in [-0.1, -0.05) is 24.8 Å². The fraction of sp³-hybridized carbons (Fsp3) is 0.368. The van der Waals surface area contributed by atoms with Crippen LogP contribution < -0.4 is 0 Å². The molecule has 1 aliphatic heterocycles. The second-order valence-corrected chi connectivity index (χ2v) is 7.91. The van der Waals surface area contributed by atoms with Crippen molar-refractivity contribution in [2.24, 2.45) is 14.1 Å². The first kappa shape index (κ1) is 18.7. The fourth-order valence-electron chi connectivity index (χ4n) is 3.53. The molecule has 7 nitrogen and oxygen atoms in total. The number of thioether (sulfide) groups is 1. The van der Waals surface area contributed by atoms with E-state index in [9.17, 15) is 9.18 Å². The van der Waals surface area contributed by atoms with Gasteiger partial charge in [-0.3, -0.25) is 9.48 Å². The Hall–Kier alpha value is -2.68. The molecule has 1 aliphatic rings. The number of fused-ring (bicyclic) bond motifs is 1. The van der Waals surface area contributed by atoms with Crippen LogP contribution in [-0.4, -0.2) is 47.6 Å². The van der Waals surface area contributed by atoms with Gasteiger partial charge in [0.05, 0.1) is 6.54 Å². The summed E-state index contributed by atoms with van der Waals surface area (Å²) in [6, 6.07) is 5.81. The number of carbonyl (C=O) groups excluding carboxylic acids is 1. The molecule has 1 aromatic carbocycles. The van der Waals surface area contributed by atoms with E-state index in [1.54, 1.807) is 28.8 Å². The average Bonchev–Trinajstić information content (AvgIpc) is 3.21. The van der Waals surface area contributed by atoms with Crippen molar-refractivity contribution in [3.05, 3.63) is 46.9 Å². The van der Waals surface area contributed by atoms with E-state index in [1.165, 1.54) is 12.1 Å². The molecule has 4 rings (SSSR count). The van der Waals surface area contributed by atoms with Crippen molar-refractivity contribution in [3.8, 4) is 11.5 Å². The van der Waals surface area contributed by atoms with Crippen LogP contribution in [0.1, 0.15) is 28.5 Å². The SMILES string of the molecule is CCSc1nnc(-c2nn(C)c3c2CN(C(=O)c2cccc(F)c2)CC3)n1C. The molecular formula is C19H21FN6OS. The highest BCUT2D eigenvalue weighted by atomic mass is 32.2. The molecule has 0 saturated carbocycles. The number of aromatic nitrogens is 5. The summed E-state index contributed by atoms with van der Waals surface area (Å²) < 4.78 is 17.3. The molecule has 146 valence electrons. The molecule has 1 amide bonds. The minimum Gasteiger partial charge on any atom is -0.334 e. The number of rotatable bonds is 4. The maximum absolute atomic E-state index is 13.5. The van der Waals surface area contributed by atoms with Gasteiger partial charge in [-0.05, 0) is 24.0 Å². The first-order chi connectivity index (χ1) is 13.5. The van der Waals surface area contributed by atoms with E-state index in [0.717, 1.165) is 27.9 Å². The van der Waals surface area contributed by atoms with Gasteiger partial charge < -0.3 is 9.47 Å². The Balaban J connectivity index is 1.68. The van der Waals surface area contributed by atoms with E-state index in [0.29, 0.717) is 30.9 Å². The van der Waals surface area contributed by atoms with Crippen LogP contribution in [-0.2, 0) is 27.1 Å². The van der Waals surface area contributed by atoms with Crippen LogP contribution in [0.4, 0.5) is 4.39 Å². The first-order valence-electron chi connectivity index (χ1n) is 9.11. The topological polar surface area (TPSA) is 68.8 Å². The van der Waals surface area contributed by atoms with Gasteiger partial charge in [0.15, 0.2) is 11.0 Å². The third-order valence-corrected chi connectivity index (χ3v) is 5.82. The summed E-state index contributed by atoms with van der Waals surface area (Å²) in [5.74, 6) is 1.00. The highest BCUT2D eigenvalue weighted by molar-refractivity contribution is 7.99. The summed E-state index contributed by atoms with van der Waals surface area (Å²) in [6.07, 6.45) is 0.689. The lowest BCUT2D eigenvalue weighted by Gasteiger charge is -2.27. The molecule has 0 aliphatic carbocycles. The van der Waals surface area contributed by atoms with Gasteiger partial charge in [0.25, 0.3) is 5.91 Å². The zero-order chi connectivity index (χ0) is 19.8. The summed E-state index contributed by atoms with van der Waals surface area (Å²) in [6.45, 7) is 3.05. The zero-order valence-electron chi connectivity index (χ0n) is 16.0. The molecule has 3 heterocycles. The Morgan fingerprint density at radius 3 is 2.86 bits per heavy atom. The molecule has 0 radical (unpaired) electrons. The minimum absolute atomic E-state index is 0.180. The van der Waals surface area contributed by atoms with Gasteiger partial charge in [-0.25, -0.2) is 4.39 Å². The largest absolute Gasteiger partial charge is 0.334 e.